The highest BCUT2D eigenvalue weighted by Crippen LogP contribution is 2.39. The Hall–Kier alpha value is -1.75. The molecular formula is C14H10BrN3O. The summed E-state index contributed by atoms with van der Waals surface area (Å²) < 4.78 is 6.34. The number of hydrogen-bond acceptors (Lipinski definition) is 4. The molecule has 5 heteroatoms. The van der Waals surface area contributed by atoms with E-state index in [0.717, 1.165) is 39.6 Å². The Bertz CT molecular complexity index is 764. The molecule has 0 saturated heterocycles. The molecule has 1 saturated carbocycles. The molecule has 4 nitrogen and oxygen atoms in total. The predicted octanol–water partition coefficient (Wildman–Crippen LogP) is 3.92. The van der Waals surface area contributed by atoms with E-state index >= 15 is 0 Å². The quantitative estimate of drug-likeness (QED) is 0.719. The van der Waals surface area contributed by atoms with Crippen molar-refractivity contribution in [1.29, 1.82) is 0 Å². The van der Waals surface area contributed by atoms with Gasteiger partial charge >= 0.3 is 0 Å². The fourth-order valence-corrected chi connectivity index (χ4v) is 2.59. The maximum absolute atomic E-state index is 5.30. The summed E-state index contributed by atoms with van der Waals surface area (Å²) in [6.45, 7) is 0. The molecule has 0 atom stereocenters. The zero-order chi connectivity index (χ0) is 12.8. The highest BCUT2D eigenvalue weighted by Gasteiger charge is 2.29. The third-order valence-electron chi connectivity index (χ3n) is 3.31. The smallest absolute Gasteiger partial charge is 0.276 e. The Balaban J connectivity index is 1.83. The van der Waals surface area contributed by atoms with Crippen LogP contribution in [-0.2, 0) is 0 Å². The van der Waals surface area contributed by atoms with Crippen molar-refractivity contribution in [2.45, 2.75) is 18.8 Å². The number of halogens is 1. The van der Waals surface area contributed by atoms with Gasteiger partial charge in [-0.15, -0.1) is 0 Å². The molecule has 0 radical (unpaired) electrons. The standard InChI is InChI=1S/C14H10BrN3O/c15-11-3-1-2-9-7-16-12(6-10(9)11)14-17-13(18-19-14)8-4-5-8/h1-3,6-8H,4-5H2. The van der Waals surface area contributed by atoms with E-state index in [1.165, 1.54) is 0 Å². The molecule has 1 aliphatic rings. The topological polar surface area (TPSA) is 51.8 Å². The van der Waals surface area contributed by atoms with Crippen LogP contribution in [0.5, 0.6) is 0 Å². The minimum atomic E-state index is 0.490. The lowest BCUT2D eigenvalue weighted by Gasteiger charge is -2.01. The molecule has 1 aromatic carbocycles. The van der Waals surface area contributed by atoms with Crippen molar-refractivity contribution in [2.75, 3.05) is 0 Å². The van der Waals surface area contributed by atoms with Crippen LogP contribution in [0, 0.1) is 0 Å². The first-order chi connectivity index (χ1) is 9.31. The normalized spacial score (nSPS) is 15.0. The molecule has 94 valence electrons. The van der Waals surface area contributed by atoms with Crippen LogP contribution in [-0.4, -0.2) is 15.1 Å². The van der Waals surface area contributed by atoms with E-state index in [1.54, 1.807) is 0 Å². The molecule has 4 rings (SSSR count). The Labute approximate surface area is 118 Å². The number of aromatic nitrogens is 3. The summed E-state index contributed by atoms with van der Waals surface area (Å²) in [6, 6.07) is 8.01. The third kappa shape index (κ3) is 1.94. The number of rotatable bonds is 2. The van der Waals surface area contributed by atoms with E-state index in [9.17, 15) is 0 Å². The Morgan fingerprint density at radius 1 is 1.26 bits per heavy atom. The first-order valence-corrected chi connectivity index (χ1v) is 6.99. The molecule has 0 aliphatic heterocycles. The number of hydrogen-bond donors (Lipinski definition) is 0. The first-order valence-electron chi connectivity index (χ1n) is 6.19. The zero-order valence-corrected chi connectivity index (χ0v) is 11.6. The largest absolute Gasteiger partial charge is 0.332 e. The van der Waals surface area contributed by atoms with Gasteiger partial charge in [-0.05, 0) is 30.4 Å². The summed E-state index contributed by atoms with van der Waals surface area (Å²) in [5, 5.41) is 6.20. The van der Waals surface area contributed by atoms with Crippen molar-refractivity contribution in [1.82, 2.24) is 15.1 Å². The van der Waals surface area contributed by atoms with Gasteiger partial charge in [0.25, 0.3) is 5.89 Å². The molecule has 2 heterocycles. The summed E-state index contributed by atoms with van der Waals surface area (Å²) >= 11 is 3.55. The number of nitrogens with zero attached hydrogens (tertiary/aromatic N) is 3. The maximum atomic E-state index is 5.30. The van der Waals surface area contributed by atoms with Gasteiger partial charge in [-0.25, -0.2) is 0 Å². The van der Waals surface area contributed by atoms with Crippen LogP contribution in [0.25, 0.3) is 22.4 Å². The van der Waals surface area contributed by atoms with Crippen LogP contribution in [0.15, 0.2) is 39.5 Å². The molecule has 0 N–H and O–H groups in total. The van der Waals surface area contributed by atoms with Gasteiger partial charge in [-0.2, -0.15) is 4.98 Å². The highest BCUT2D eigenvalue weighted by atomic mass is 79.9. The van der Waals surface area contributed by atoms with Crippen LogP contribution in [0.3, 0.4) is 0 Å². The number of pyridine rings is 1. The Kier molecular flexibility index (Phi) is 2.41. The van der Waals surface area contributed by atoms with Crippen LogP contribution in [0.4, 0.5) is 0 Å². The third-order valence-corrected chi connectivity index (χ3v) is 4.01. The van der Waals surface area contributed by atoms with Crippen LogP contribution >= 0.6 is 15.9 Å². The molecule has 3 aromatic rings. The first kappa shape index (κ1) is 11.1. The Morgan fingerprint density at radius 2 is 2.16 bits per heavy atom. The zero-order valence-electron chi connectivity index (χ0n) is 10.0. The van der Waals surface area contributed by atoms with Crippen molar-refractivity contribution in [2.24, 2.45) is 0 Å². The summed E-state index contributed by atoms with van der Waals surface area (Å²) in [7, 11) is 0. The molecule has 1 aliphatic carbocycles. The van der Waals surface area contributed by atoms with Gasteiger partial charge in [0.2, 0.25) is 0 Å². The van der Waals surface area contributed by atoms with E-state index < -0.39 is 0 Å². The van der Waals surface area contributed by atoms with E-state index in [-0.39, 0.29) is 0 Å². The summed E-state index contributed by atoms with van der Waals surface area (Å²) in [6.07, 6.45) is 4.15. The molecular weight excluding hydrogens is 306 g/mol. The number of fused-ring (bicyclic) bond motifs is 1. The minimum Gasteiger partial charge on any atom is -0.332 e. The molecule has 2 aromatic heterocycles. The van der Waals surface area contributed by atoms with E-state index in [0.29, 0.717) is 11.8 Å². The average Bonchev–Trinajstić information content (AvgIpc) is 3.17. The highest BCUT2D eigenvalue weighted by molar-refractivity contribution is 9.10. The lowest BCUT2D eigenvalue weighted by Crippen LogP contribution is -1.86. The molecule has 0 unspecified atom stereocenters. The minimum absolute atomic E-state index is 0.490. The Morgan fingerprint density at radius 3 is 3.00 bits per heavy atom. The predicted molar refractivity (Wildman–Crippen MR) is 74.7 cm³/mol. The van der Waals surface area contributed by atoms with Gasteiger partial charge in [0.1, 0.15) is 5.69 Å². The monoisotopic (exact) mass is 315 g/mol. The number of benzene rings is 1. The second-order valence-electron chi connectivity index (χ2n) is 4.76. The van der Waals surface area contributed by atoms with E-state index in [1.807, 2.05) is 30.5 Å². The van der Waals surface area contributed by atoms with Crippen molar-refractivity contribution >= 4 is 26.7 Å². The van der Waals surface area contributed by atoms with Gasteiger partial charge < -0.3 is 4.52 Å². The second kappa shape index (κ2) is 4.13. The lowest BCUT2D eigenvalue weighted by atomic mass is 10.1. The van der Waals surface area contributed by atoms with Crippen molar-refractivity contribution < 1.29 is 4.52 Å². The molecule has 0 bridgehead atoms. The van der Waals surface area contributed by atoms with Crippen molar-refractivity contribution in [3.05, 3.63) is 40.8 Å². The molecule has 0 amide bonds. The average molecular weight is 316 g/mol. The molecule has 19 heavy (non-hydrogen) atoms. The second-order valence-corrected chi connectivity index (χ2v) is 5.62. The van der Waals surface area contributed by atoms with Crippen molar-refractivity contribution in [3.8, 4) is 11.6 Å². The van der Waals surface area contributed by atoms with E-state index in [4.69, 9.17) is 4.52 Å². The fraction of sp³-hybridized carbons (Fsp3) is 0.214. The van der Waals surface area contributed by atoms with Gasteiger partial charge in [0, 0.05) is 22.0 Å². The van der Waals surface area contributed by atoms with Crippen LogP contribution < -0.4 is 0 Å². The van der Waals surface area contributed by atoms with Crippen molar-refractivity contribution in [3.63, 3.8) is 0 Å². The molecule has 0 spiro atoms. The van der Waals surface area contributed by atoms with Crippen LogP contribution in [0.1, 0.15) is 24.6 Å². The lowest BCUT2D eigenvalue weighted by molar-refractivity contribution is 0.421. The van der Waals surface area contributed by atoms with Gasteiger partial charge in [-0.1, -0.05) is 33.2 Å². The van der Waals surface area contributed by atoms with Gasteiger partial charge in [-0.3, -0.25) is 4.98 Å². The molecule has 1 fully saturated rings. The van der Waals surface area contributed by atoms with E-state index in [2.05, 4.69) is 31.1 Å². The van der Waals surface area contributed by atoms with Gasteiger partial charge in [0.05, 0.1) is 0 Å². The van der Waals surface area contributed by atoms with Gasteiger partial charge in [0.15, 0.2) is 5.82 Å². The summed E-state index contributed by atoms with van der Waals surface area (Å²) in [5.74, 6) is 1.80. The SMILES string of the molecule is Brc1cccc2cnc(-c3nc(C4CC4)no3)cc12. The van der Waals surface area contributed by atoms with Crippen LogP contribution in [0.2, 0.25) is 0 Å². The summed E-state index contributed by atoms with van der Waals surface area (Å²) in [5.41, 5.74) is 0.721. The maximum Gasteiger partial charge on any atom is 0.276 e. The summed E-state index contributed by atoms with van der Waals surface area (Å²) in [4.78, 5) is 8.82. The fourth-order valence-electron chi connectivity index (χ4n) is 2.09.